The maximum atomic E-state index is 12.7. The van der Waals surface area contributed by atoms with Crippen LogP contribution in [0.2, 0.25) is 0 Å². The number of rotatable bonds is 3. The number of hydrogen-bond acceptors (Lipinski definition) is 4. The second-order valence-corrected chi connectivity index (χ2v) is 7.45. The van der Waals surface area contributed by atoms with Gasteiger partial charge >= 0.3 is 0 Å². The average molecular weight is 342 g/mol. The van der Waals surface area contributed by atoms with Gasteiger partial charge in [0.25, 0.3) is 0 Å². The molecule has 4 rings (SSSR count). The molecule has 0 N–H and O–H groups in total. The Morgan fingerprint density at radius 1 is 1.21 bits per heavy atom. The molecular formula is C18H22N4OS. The van der Waals surface area contributed by atoms with Gasteiger partial charge in [0.2, 0.25) is 5.91 Å². The van der Waals surface area contributed by atoms with E-state index in [2.05, 4.69) is 14.8 Å². The molecule has 1 saturated heterocycles. The molecule has 2 aliphatic heterocycles. The van der Waals surface area contributed by atoms with Crippen LogP contribution in [0.5, 0.6) is 0 Å². The molecule has 1 fully saturated rings. The standard InChI is InChI=1S/C18H22N4OS/c23-17(10-9-14-6-5-13-24-14)21-12-4-7-15(21)18-20-19-16-8-2-1-3-11-22(16)18/h5-6,9-10,13,15H,1-4,7-8,11-12H2. The molecule has 1 atom stereocenters. The number of nitrogens with zero attached hydrogens (tertiary/aromatic N) is 4. The van der Waals surface area contributed by atoms with E-state index in [0.29, 0.717) is 0 Å². The van der Waals surface area contributed by atoms with Crippen molar-refractivity contribution >= 4 is 23.3 Å². The van der Waals surface area contributed by atoms with E-state index >= 15 is 0 Å². The van der Waals surface area contributed by atoms with E-state index in [4.69, 9.17) is 0 Å². The molecule has 5 nitrogen and oxygen atoms in total. The van der Waals surface area contributed by atoms with Gasteiger partial charge in [-0.05, 0) is 43.2 Å². The van der Waals surface area contributed by atoms with Crippen molar-refractivity contribution in [3.05, 3.63) is 40.1 Å². The van der Waals surface area contributed by atoms with Gasteiger partial charge in [0.05, 0.1) is 6.04 Å². The molecule has 1 amide bonds. The van der Waals surface area contributed by atoms with Crippen molar-refractivity contribution in [1.29, 1.82) is 0 Å². The largest absolute Gasteiger partial charge is 0.329 e. The first-order chi connectivity index (χ1) is 11.8. The SMILES string of the molecule is O=C(C=Cc1cccs1)N1CCCC1c1nnc2n1CCCCC2. The van der Waals surface area contributed by atoms with E-state index in [0.717, 1.165) is 48.9 Å². The summed E-state index contributed by atoms with van der Waals surface area (Å²) in [6.07, 6.45) is 10.2. The number of likely N-dealkylation sites (tertiary alicyclic amines) is 1. The minimum Gasteiger partial charge on any atom is -0.329 e. The van der Waals surface area contributed by atoms with Gasteiger partial charge < -0.3 is 9.47 Å². The first-order valence-electron chi connectivity index (χ1n) is 8.77. The number of fused-ring (bicyclic) bond motifs is 1. The number of carbonyl (C=O) groups is 1. The Bertz CT molecular complexity index is 734. The first-order valence-corrected chi connectivity index (χ1v) is 9.65. The average Bonchev–Trinajstić information content (AvgIpc) is 3.31. The Kier molecular flexibility index (Phi) is 4.47. The third-order valence-corrected chi connectivity index (χ3v) is 5.74. The summed E-state index contributed by atoms with van der Waals surface area (Å²) < 4.78 is 2.27. The Labute approximate surface area is 146 Å². The molecule has 0 saturated carbocycles. The number of hydrogen-bond donors (Lipinski definition) is 0. The van der Waals surface area contributed by atoms with Crippen molar-refractivity contribution in [2.24, 2.45) is 0 Å². The number of amides is 1. The normalized spacial score (nSPS) is 21.2. The zero-order chi connectivity index (χ0) is 16.4. The highest BCUT2D eigenvalue weighted by Crippen LogP contribution is 2.32. The Hall–Kier alpha value is -1.95. The minimum atomic E-state index is 0.0739. The molecule has 4 heterocycles. The van der Waals surface area contributed by atoms with Crippen LogP contribution in [0, 0.1) is 0 Å². The molecule has 2 aromatic rings. The lowest BCUT2D eigenvalue weighted by Gasteiger charge is -2.23. The summed E-state index contributed by atoms with van der Waals surface area (Å²) in [6.45, 7) is 1.79. The Morgan fingerprint density at radius 2 is 2.17 bits per heavy atom. The maximum absolute atomic E-state index is 12.7. The van der Waals surface area contributed by atoms with Crippen LogP contribution in [-0.2, 0) is 17.8 Å². The highest BCUT2D eigenvalue weighted by Gasteiger charge is 2.33. The Morgan fingerprint density at radius 3 is 3.04 bits per heavy atom. The summed E-state index contributed by atoms with van der Waals surface area (Å²) in [5.41, 5.74) is 0. The van der Waals surface area contributed by atoms with Gasteiger partial charge in [-0.15, -0.1) is 21.5 Å². The molecule has 0 aromatic carbocycles. The predicted octanol–water partition coefficient (Wildman–Crippen LogP) is 3.44. The molecule has 6 heteroatoms. The van der Waals surface area contributed by atoms with Gasteiger partial charge in [-0.2, -0.15) is 0 Å². The first kappa shape index (κ1) is 15.6. The third kappa shape index (κ3) is 3.02. The van der Waals surface area contributed by atoms with Crippen molar-refractivity contribution in [2.75, 3.05) is 6.54 Å². The highest BCUT2D eigenvalue weighted by atomic mass is 32.1. The van der Waals surface area contributed by atoms with Crippen LogP contribution < -0.4 is 0 Å². The zero-order valence-corrected chi connectivity index (χ0v) is 14.5. The lowest BCUT2D eigenvalue weighted by Crippen LogP contribution is -2.30. The summed E-state index contributed by atoms with van der Waals surface area (Å²) in [5.74, 6) is 2.16. The molecule has 0 radical (unpaired) electrons. The Balaban J connectivity index is 1.55. The topological polar surface area (TPSA) is 51.0 Å². The van der Waals surface area contributed by atoms with Crippen LogP contribution >= 0.6 is 11.3 Å². The summed E-state index contributed by atoms with van der Waals surface area (Å²) in [4.78, 5) is 15.7. The van der Waals surface area contributed by atoms with E-state index in [1.54, 1.807) is 17.4 Å². The van der Waals surface area contributed by atoms with Gasteiger partial charge in [-0.1, -0.05) is 12.5 Å². The summed E-state index contributed by atoms with van der Waals surface area (Å²) in [6, 6.07) is 4.10. The van der Waals surface area contributed by atoms with Gasteiger partial charge in [0, 0.05) is 30.5 Å². The smallest absolute Gasteiger partial charge is 0.247 e. The van der Waals surface area contributed by atoms with Crippen LogP contribution in [0.1, 0.15) is 54.7 Å². The molecule has 2 aliphatic rings. The van der Waals surface area contributed by atoms with Gasteiger partial charge in [0.15, 0.2) is 5.82 Å². The summed E-state index contributed by atoms with van der Waals surface area (Å²) in [7, 11) is 0. The summed E-state index contributed by atoms with van der Waals surface area (Å²) in [5, 5.41) is 10.9. The van der Waals surface area contributed by atoms with Gasteiger partial charge in [-0.25, -0.2) is 0 Å². The number of aryl methyl sites for hydroxylation is 1. The van der Waals surface area contributed by atoms with Crippen molar-refractivity contribution in [2.45, 2.75) is 51.1 Å². The van der Waals surface area contributed by atoms with E-state index < -0.39 is 0 Å². The molecule has 0 bridgehead atoms. The van der Waals surface area contributed by atoms with Crippen molar-refractivity contribution in [3.63, 3.8) is 0 Å². The number of carbonyl (C=O) groups excluding carboxylic acids is 1. The molecule has 24 heavy (non-hydrogen) atoms. The fraction of sp³-hybridized carbons (Fsp3) is 0.500. The van der Waals surface area contributed by atoms with Crippen LogP contribution in [0.15, 0.2) is 23.6 Å². The van der Waals surface area contributed by atoms with Gasteiger partial charge in [0.1, 0.15) is 5.82 Å². The van der Waals surface area contributed by atoms with E-state index in [1.807, 2.05) is 28.5 Å². The number of thiophene rings is 1. The second kappa shape index (κ2) is 6.89. The molecule has 1 unspecified atom stereocenters. The zero-order valence-electron chi connectivity index (χ0n) is 13.7. The minimum absolute atomic E-state index is 0.0739. The molecule has 0 aliphatic carbocycles. The lowest BCUT2D eigenvalue weighted by molar-refractivity contribution is -0.127. The quantitative estimate of drug-likeness (QED) is 0.803. The van der Waals surface area contributed by atoms with Crippen LogP contribution in [0.3, 0.4) is 0 Å². The molecule has 0 spiro atoms. The van der Waals surface area contributed by atoms with Crippen LogP contribution in [0.4, 0.5) is 0 Å². The fourth-order valence-electron chi connectivity index (χ4n) is 3.69. The van der Waals surface area contributed by atoms with Crippen LogP contribution in [0.25, 0.3) is 6.08 Å². The van der Waals surface area contributed by atoms with Crippen molar-refractivity contribution in [1.82, 2.24) is 19.7 Å². The van der Waals surface area contributed by atoms with Gasteiger partial charge in [-0.3, -0.25) is 4.79 Å². The van der Waals surface area contributed by atoms with Crippen molar-refractivity contribution in [3.8, 4) is 0 Å². The van der Waals surface area contributed by atoms with E-state index in [9.17, 15) is 4.79 Å². The molecular weight excluding hydrogens is 320 g/mol. The maximum Gasteiger partial charge on any atom is 0.247 e. The van der Waals surface area contributed by atoms with Crippen molar-refractivity contribution < 1.29 is 4.79 Å². The highest BCUT2D eigenvalue weighted by molar-refractivity contribution is 7.10. The predicted molar refractivity (Wildman–Crippen MR) is 94.6 cm³/mol. The number of aromatic nitrogens is 3. The molecule has 126 valence electrons. The second-order valence-electron chi connectivity index (χ2n) is 6.48. The lowest BCUT2D eigenvalue weighted by atomic mass is 10.2. The monoisotopic (exact) mass is 342 g/mol. The van der Waals surface area contributed by atoms with Crippen LogP contribution in [-0.4, -0.2) is 32.1 Å². The van der Waals surface area contributed by atoms with E-state index in [-0.39, 0.29) is 11.9 Å². The molecule has 2 aromatic heterocycles. The summed E-state index contributed by atoms with van der Waals surface area (Å²) >= 11 is 1.64. The fourth-order valence-corrected chi connectivity index (χ4v) is 4.31. The third-order valence-electron chi connectivity index (χ3n) is 4.91. The van der Waals surface area contributed by atoms with E-state index in [1.165, 1.54) is 19.3 Å².